The third-order valence-corrected chi connectivity index (χ3v) is 5.78. The molecular weight excluding hydrogens is 426 g/mol. The summed E-state index contributed by atoms with van der Waals surface area (Å²) >= 11 is 6.52. The van der Waals surface area contributed by atoms with Gasteiger partial charge in [-0.1, -0.05) is 43.1 Å². The van der Waals surface area contributed by atoms with Gasteiger partial charge in [-0.25, -0.2) is 0 Å². The number of nitrogens with one attached hydrogen (secondary N) is 1. The van der Waals surface area contributed by atoms with Crippen molar-refractivity contribution < 1.29 is 14.3 Å². The average Bonchev–Trinajstić information content (AvgIpc) is 2.73. The summed E-state index contributed by atoms with van der Waals surface area (Å²) in [5.41, 5.74) is 3.68. The van der Waals surface area contributed by atoms with E-state index in [-0.39, 0.29) is 18.4 Å². The maximum Gasteiger partial charge on any atom is 0.262 e. The van der Waals surface area contributed by atoms with Crippen molar-refractivity contribution in [3.8, 4) is 5.75 Å². The van der Waals surface area contributed by atoms with E-state index in [4.69, 9.17) is 16.3 Å². The van der Waals surface area contributed by atoms with Crippen LogP contribution in [-0.2, 0) is 9.59 Å². The summed E-state index contributed by atoms with van der Waals surface area (Å²) in [6.07, 6.45) is 0.586. The van der Waals surface area contributed by atoms with Gasteiger partial charge in [0, 0.05) is 38.3 Å². The molecule has 32 heavy (non-hydrogen) atoms. The van der Waals surface area contributed by atoms with E-state index in [2.05, 4.69) is 24.1 Å². The molecule has 6 nitrogen and oxygen atoms in total. The summed E-state index contributed by atoms with van der Waals surface area (Å²) in [6.45, 7) is 10.9. The van der Waals surface area contributed by atoms with Crippen LogP contribution in [0, 0.1) is 19.8 Å². The third kappa shape index (κ3) is 6.39. The zero-order valence-electron chi connectivity index (χ0n) is 19.3. The predicted molar refractivity (Wildman–Crippen MR) is 130 cm³/mol. The second kappa shape index (κ2) is 10.7. The zero-order valence-corrected chi connectivity index (χ0v) is 20.0. The fourth-order valence-electron chi connectivity index (χ4n) is 3.82. The molecule has 1 aliphatic rings. The van der Waals surface area contributed by atoms with Crippen LogP contribution in [0.3, 0.4) is 0 Å². The van der Waals surface area contributed by atoms with Gasteiger partial charge in [0.05, 0.1) is 10.7 Å². The van der Waals surface area contributed by atoms with Crippen molar-refractivity contribution >= 4 is 34.8 Å². The van der Waals surface area contributed by atoms with Crippen LogP contribution in [-0.4, -0.2) is 49.5 Å². The van der Waals surface area contributed by atoms with Gasteiger partial charge in [-0.15, -0.1) is 0 Å². The Morgan fingerprint density at radius 1 is 1.06 bits per heavy atom. The maximum absolute atomic E-state index is 12.3. The summed E-state index contributed by atoms with van der Waals surface area (Å²) in [5.74, 6) is 1.03. The Morgan fingerprint density at radius 2 is 1.78 bits per heavy atom. The summed E-state index contributed by atoms with van der Waals surface area (Å²) in [7, 11) is 0. The van der Waals surface area contributed by atoms with Crippen molar-refractivity contribution in [2.45, 2.75) is 34.1 Å². The minimum absolute atomic E-state index is 0.0738. The first-order chi connectivity index (χ1) is 15.2. The standard InChI is InChI=1S/C25H32ClN3O3/c1-17(2)13-25(31)29-11-9-28(10-12-29)22-7-6-20(15-21(22)26)27-24(30)16-32-23-8-5-18(3)14-19(23)4/h5-8,14-15,17H,9-13,16H2,1-4H3,(H,27,30). The van der Waals surface area contributed by atoms with Gasteiger partial charge < -0.3 is 19.9 Å². The van der Waals surface area contributed by atoms with E-state index in [0.717, 1.165) is 29.9 Å². The largest absolute Gasteiger partial charge is 0.483 e. The molecule has 0 aliphatic carbocycles. The van der Waals surface area contributed by atoms with E-state index in [1.54, 1.807) is 6.07 Å². The lowest BCUT2D eigenvalue weighted by Gasteiger charge is -2.36. The SMILES string of the molecule is Cc1ccc(OCC(=O)Nc2ccc(N3CCN(C(=O)CC(C)C)CC3)c(Cl)c2)c(C)c1. The molecule has 0 saturated carbocycles. The van der Waals surface area contributed by atoms with Crippen LogP contribution in [0.1, 0.15) is 31.4 Å². The first-order valence-corrected chi connectivity index (χ1v) is 11.4. The third-order valence-electron chi connectivity index (χ3n) is 5.48. The van der Waals surface area contributed by atoms with Crippen molar-refractivity contribution in [1.82, 2.24) is 4.90 Å². The van der Waals surface area contributed by atoms with E-state index >= 15 is 0 Å². The Labute approximate surface area is 195 Å². The number of nitrogens with zero attached hydrogens (tertiary/aromatic N) is 2. The number of aryl methyl sites for hydroxylation is 2. The molecule has 0 aromatic heterocycles. The lowest BCUT2D eigenvalue weighted by molar-refractivity contribution is -0.132. The van der Waals surface area contributed by atoms with E-state index in [1.165, 1.54) is 0 Å². The molecule has 0 atom stereocenters. The van der Waals surface area contributed by atoms with Crippen molar-refractivity contribution in [2.24, 2.45) is 5.92 Å². The Balaban J connectivity index is 1.52. The fourth-order valence-corrected chi connectivity index (χ4v) is 4.12. The number of anilines is 2. The highest BCUT2D eigenvalue weighted by Gasteiger charge is 2.23. The molecule has 1 aliphatic heterocycles. The Bertz CT molecular complexity index is 969. The first-order valence-electron chi connectivity index (χ1n) is 11.0. The number of hydrogen-bond acceptors (Lipinski definition) is 4. The van der Waals surface area contributed by atoms with Gasteiger partial charge in [0.15, 0.2) is 6.61 Å². The molecule has 172 valence electrons. The molecule has 0 unspecified atom stereocenters. The van der Waals surface area contributed by atoms with Crippen LogP contribution in [0.5, 0.6) is 5.75 Å². The average molecular weight is 458 g/mol. The number of carbonyl (C=O) groups excluding carboxylic acids is 2. The first kappa shape index (κ1) is 23.9. The zero-order chi connectivity index (χ0) is 23.3. The van der Waals surface area contributed by atoms with Gasteiger partial charge >= 0.3 is 0 Å². The smallest absolute Gasteiger partial charge is 0.262 e. The summed E-state index contributed by atoms with van der Waals surface area (Å²) < 4.78 is 5.64. The monoisotopic (exact) mass is 457 g/mol. The Morgan fingerprint density at radius 3 is 2.41 bits per heavy atom. The predicted octanol–water partition coefficient (Wildman–Crippen LogP) is 4.67. The Hall–Kier alpha value is -2.73. The lowest BCUT2D eigenvalue weighted by Crippen LogP contribution is -2.49. The fraction of sp³-hybridized carbons (Fsp3) is 0.440. The van der Waals surface area contributed by atoms with Gasteiger partial charge in [-0.3, -0.25) is 9.59 Å². The number of hydrogen-bond donors (Lipinski definition) is 1. The number of rotatable bonds is 7. The molecule has 0 spiro atoms. The number of benzene rings is 2. The van der Waals surface area contributed by atoms with E-state index < -0.39 is 0 Å². The van der Waals surface area contributed by atoms with Crippen LogP contribution < -0.4 is 15.0 Å². The van der Waals surface area contributed by atoms with Crippen molar-refractivity contribution in [2.75, 3.05) is 43.0 Å². The summed E-state index contributed by atoms with van der Waals surface area (Å²) in [5, 5.41) is 3.40. The lowest BCUT2D eigenvalue weighted by atomic mass is 10.1. The van der Waals surface area contributed by atoms with Crippen LogP contribution in [0.15, 0.2) is 36.4 Å². The van der Waals surface area contributed by atoms with Crippen LogP contribution in [0.2, 0.25) is 5.02 Å². The van der Waals surface area contributed by atoms with Crippen LogP contribution in [0.25, 0.3) is 0 Å². The molecule has 1 heterocycles. The molecular formula is C25H32ClN3O3. The minimum atomic E-state index is -0.244. The van der Waals surface area contributed by atoms with Gasteiger partial charge in [-0.05, 0) is 49.6 Å². The summed E-state index contributed by atoms with van der Waals surface area (Å²) in [6, 6.07) is 11.4. The van der Waals surface area contributed by atoms with Gasteiger partial charge in [-0.2, -0.15) is 0 Å². The van der Waals surface area contributed by atoms with E-state index in [1.807, 2.05) is 49.1 Å². The highest BCUT2D eigenvalue weighted by molar-refractivity contribution is 6.33. The van der Waals surface area contributed by atoms with E-state index in [0.29, 0.717) is 41.9 Å². The minimum Gasteiger partial charge on any atom is -0.483 e. The molecule has 0 bridgehead atoms. The molecule has 1 N–H and O–H groups in total. The van der Waals surface area contributed by atoms with Gasteiger partial charge in [0.2, 0.25) is 5.91 Å². The Kier molecular flexibility index (Phi) is 8.02. The number of amides is 2. The maximum atomic E-state index is 12.3. The number of halogens is 1. The number of ether oxygens (including phenoxy) is 1. The highest BCUT2D eigenvalue weighted by atomic mass is 35.5. The highest BCUT2D eigenvalue weighted by Crippen LogP contribution is 2.30. The van der Waals surface area contributed by atoms with Crippen molar-refractivity contribution in [3.05, 3.63) is 52.5 Å². The normalized spacial score (nSPS) is 13.9. The molecule has 0 radical (unpaired) electrons. The molecule has 1 saturated heterocycles. The van der Waals surface area contributed by atoms with Crippen LogP contribution >= 0.6 is 11.6 Å². The topological polar surface area (TPSA) is 61.9 Å². The second-order valence-corrected chi connectivity index (χ2v) is 9.14. The van der Waals surface area contributed by atoms with Crippen LogP contribution in [0.4, 0.5) is 11.4 Å². The van der Waals surface area contributed by atoms with Gasteiger partial charge in [0.1, 0.15) is 5.75 Å². The summed E-state index contributed by atoms with van der Waals surface area (Å²) in [4.78, 5) is 28.7. The molecule has 2 aromatic rings. The molecule has 2 aromatic carbocycles. The number of piperazine rings is 1. The molecule has 2 amide bonds. The van der Waals surface area contributed by atoms with E-state index in [9.17, 15) is 9.59 Å². The van der Waals surface area contributed by atoms with Crippen molar-refractivity contribution in [3.63, 3.8) is 0 Å². The molecule has 1 fully saturated rings. The van der Waals surface area contributed by atoms with Crippen molar-refractivity contribution in [1.29, 1.82) is 0 Å². The molecule has 3 rings (SSSR count). The molecule has 7 heteroatoms. The number of carbonyl (C=O) groups is 2. The quantitative estimate of drug-likeness (QED) is 0.656. The van der Waals surface area contributed by atoms with Gasteiger partial charge in [0.25, 0.3) is 5.91 Å². The second-order valence-electron chi connectivity index (χ2n) is 8.74.